The Balaban J connectivity index is 2.58. The van der Waals surface area contributed by atoms with Gasteiger partial charge in [-0.15, -0.1) is 0 Å². The molecule has 4 nitrogen and oxygen atoms in total. The Hall–Kier alpha value is -1.55. The molecule has 0 heterocycles. The fraction of sp³-hybridized carbons (Fsp3) is 0.500. The van der Waals surface area contributed by atoms with E-state index in [1.54, 1.807) is 12.1 Å². The van der Waals surface area contributed by atoms with Gasteiger partial charge in [-0.25, -0.2) is 0 Å². The van der Waals surface area contributed by atoms with Crippen LogP contribution < -0.4 is 10.6 Å². The highest BCUT2D eigenvalue weighted by Gasteiger charge is 2.15. The maximum Gasteiger partial charge on any atom is 0.251 e. The first kappa shape index (κ1) is 14.5. The van der Waals surface area contributed by atoms with Gasteiger partial charge in [0, 0.05) is 36.4 Å². The Kier molecular flexibility index (Phi) is 5.16. The summed E-state index contributed by atoms with van der Waals surface area (Å²) < 4.78 is 0. The number of amides is 1. The maximum atomic E-state index is 11.6. The van der Waals surface area contributed by atoms with Crippen molar-refractivity contribution in [1.29, 1.82) is 0 Å². The van der Waals surface area contributed by atoms with E-state index < -0.39 is 0 Å². The zero-order valence-electron chi connectivity index (χ0n) is 11.3. The van der Waals surface area contributed by atoms with E-state index in [-0.39, 0.29) is 17.9 Å². The Morgan fingerprint density at radius 2 is 1.89 bits per heavy atom. The van der Waals surface area contributed by atoms with Gasteiger partial charge in [-0.1, -0.05) is 13.8 Å². The molecule has 1 aromatic carbocycles. The fourth-order valence-electron chi connectivity index (χ4n) is 1.40. The van der Waals surface area contributed by atoms with Gasteiger partial charge in [-0.2, -0.15) is 0 Å². The number of aliphatic hydroxyl groups excluding tert-OH is 1. The minimum Gasteiger partial charge on any atom is -0.396 e. The molecule has 0 fully saturated rings. The lowest BCUT2D eigenvalue weighted by atomic mass is 9.95. The van der Waals surface area contributed by atoms with E-state index in [1.807, 2.05) is 32.9 Å². The van der Waals surface area contributed by atoms with Gasteiger partial charge < -0.3 is 15.7 Å². The maximum absolute atomic E-state index is 11.6. The van der Waals surface area contributed by atoms with E-state index in [4.69, 9.17) is 5.11 Å². The molecule has 1 aromatic rings. The Labute approximate surface area is 108 Å². The summed E-state index contributed by atoms with van der Waals surface area (Å²) in [4.78, 5) is 11.6. The van der Waals surface area contributed by atoms with Crippen LogP contribution in [-0.2, 0) is 0 Å². The van der Waals surface area contributed by atoms with Gasteiger partial charge in [-0.3, -0.25) is 4.79 Å². The van der Waals surface area contributed by atoms with E-state index in [0.717, 1.165) is 5.69 Å². The van der Waals surface area contributed by atoms with Gasteiger partial charge in [0.15, 0.2) is 0 Å². The monoisotopic (exact) mass is 250 g/mol. The van der Waals surface area contributed by atoms with E-state index in [0.29, 0.717) is 18.7 Å². The minimum absolute atomic E-state index is 0.0558. The molecule has 0 unspecified atom stereocenters. The van der Waals surface area contributed by atoms with Crippen LogP contribution in [0.2, 0.25) is 0 Å². The molecule has 1 rings (SSSR count). The molecular weight excluding hydrogens is 228 g/mol. The number of hydrogen-bond donors (Lipinski definition) is 3. The molecule has 0 aliphatic rings. The minimum atomic E-state index is -0.155. The molecule has 0 spiro atoms. The predicted octanol–water partition coefficient (Wildman–Crippen LogP) is 1.87. The van der Waals surface area contributed by atoms with Crippen molar-refractivity contribution in [3.63, 3.8) is 0 Å². The van der Waals surface area contributed by atoms with E-state index in [1.165, 1.54) is 0 Å². The molecule has 3 N–H and O–H groups in total. The van der Waals surface area contributed by atoms with Crippen LogP contribution in [0.3, 0.4) is 0 Å². The summed E-state index contributed by atoms with van der Waals surface area (Å²) >= 11 is 0. The van der Waals surface area contributed by atoms with Gasteiger partial charge in [0.1, 0.15) is 0 Å². The smallest absolute Gasteiger partial charge is 0.251 e. The fourth-order valence-corrected chi connectivity index (χ4v) is 1.40. The highest BCUT2D eigenvalue weighted by Crippen LogP contribution is 2.16. The molecule has 0 atom stereocenters. The predicted molar refractivity (Wildman–Crippen MR) is 73.8 cm³/mol. The molecule has 100 valence electrons. The summed E-state index contributed by atoms with van der Waals surface area (Å²) in [6.45, 7) is 7.32. The second kappa shape index (κ2) is 6.40. The van der Waals surface area contributed by atoms with Crippen LogP contribution in [0.5, 0.6) is 0 Å². The van der Waals surface area contributed by atoms with E-state index in [2.05, 4.69) is 10.6 Å². The zero-order valence-corrected chi connectivity index (χ0v) is 11.3. The first-order valence-electron chi connectivity index (χ1n) is 6.21. The van der Waals surface area contributed by atoms with Crippen LogP contribution in [0.15, 0.2) is 24.3 Å². The SMILES string of the molecule is CCNC(=O)c1ccc(NCC(C)(C)CO)cc1. The summed E-state index contributed by atoms with van der Waals surface area (Å²) in [5, 5.41) is 15.2. The number of anilines is 1. The summed E-state index contributed by atoms with van der Waals surface area (Å²) in [5.41, 5.74) is 1.45. The average Bonchev–Trinajstić information content (AvgIpc) is 2.37. The number of carbonyl (C=O) groups excluding carboxylic acids is 1. The summed E-state index contributed by atoms with van der Waals surface area (Å²) in [7, 11) is 0. The molecule has 0 bridgehead atoms. The third-order valence-electron chi connectivity index (χ3n) is 2.68. The molecule has 1 amide bonds. The van der Waals surface area contributed by atoms with Crippen molar-refractivity contribution in [2.24, 2.45) is 5.41 Å². The molecule has 0 saturated heterocycles. The molecular formula is C14H22N2O2. The first-order chi connectivity index (χ1) is 8.48. The Morgan fingerprint density at radius 3 is 2.39 bits per heavy atom. The van der Waals surface area contributed by atoms with Crippen molar-refractivity contribution >= 4 is 11.6 Å². The molecule has 0 aliphatic heterocycles. The molecule has 18 heavy (non-hydrogen) atoms. The number of nitrogens with one attached hydrogen (secondary N) is 2. The zero-order chi connectivity index (χ0) is 13.6. The number of rotatable bonds is 6. The average molecular weight is 250 g/mol. The standard InChI is InChI=1S/C14H22N2O2/c1-4-15-13(18)11-5-7-12(8-6-11)16-9-14(2,3)10-17/h5-8,16-17H,4,9-10H2,1-3H3,(H,15,18). The van der Waals surface area contributed by atoms with Crippen molar-refractivity contribution in [2.45, 2.75) is 20.8 Å². The number of benzene rings is 1. The van der Waals surface area contributed by atoms with Gasteiger partial charge in [-0.05, 0) is 31.2 Å². The largest absolute Gasteiger partial charge is 0.396 e. The number of hydrogen-bond acceptors (Lipinski definition) is 3. The Bertz CT molecular complexity index is 385. The summed E-state index contributed by atoms with van der Waals surface area (Å²) in [6, 6.07) is 7.33. The highest BCUT2D eigenvalue weighted by molar-refractivity contribution is 5.94. The molecule has 0 radical (unpaired) electrons. The van der Waals surface area contributed by atoms with Crippen LogP contribution in [0.1, 0.15) is 31.1 Å². The van der Waals surface area contributed by atoms with Crippen LogP contribution in [0.25, 0.3) is 0 Å². The van der Waals surface area contributed by atoms with Crippen molar-refractivity contribution in [2.75, 3.05) is 25.0 Å². The van der Waals surface area contributed by atoms with Gasteiger partial charge in [0.2, 0.25) is 0 Å². The van der Waals surface area contributed by atoms with Crippen LogP contribution in [-0.4, -0.2) is 30.7 Å². The van der Waals surface area contributed by atoms with Crippen molar-refractivity contribution in [3.8, 4) is 0 Å². The molecule has 0 aliphatic carbocycles. The molecule has 0 aromatic heterocycles. The quantitative estimate of drug-likeness (QED) is 0.722. The van der Waals surface area contributed by atoms with Gasteiger partial charge >= 0.3 is 0 Å². The van der Waals surface area contributed by atoms with Crippen molar-refractivity contribution < 1.29 is 9.90 Å². The van der Waals surface area contributed by atoms with Crippen LogP contribution >= 0.6 is 0 Å². The normalized spacial score (nSPS) is 11.1. The lowest BCUT2D eigenvalue weighted by molar-refractivity contribution is 0.0956. The Morgan fingerprint density at radius 1 is 1.28 bits per heavy atom. The van der Waals surface area contributed by atoms with Gasteiger partial charge in [0.25, 0.3) is 5.91 Å². The lowest BCUT2D eigenvalue weighted by Crippen LogP contribution is -2.26. The third kappa shape index (κ3) is 4.37. The second-order valence-corrected chi connectivity index (χ2v) is 5.11. The van der Waals surface area contributed by atoms with E-state index >= 15 is 0 Å². The van der Waals surface area contributed by atoms with Gasteiger partial charge in [0.05, 0.1) is 0 Å². The number of carbonyl (C=O) groups is 1. The summed E-state index contributed by atoms with van der Waals surface area (Å²) in [6.07, 6.45) is 0. The topological polar surface area (TPSA) is 61.4 Å². The van der Waals surface area contributed by atoms with E-state index in [9.17, 15) is 4.79 Å². The highest BCUT2D eigenvalue weighted by atomic mass is 16.3. The lowest BCUT2D eigenvalue weighted by Gasteiger charge is -2.22. The van der Waals surface area contributed by atoms with Crippen molar-refractivity contribution in [1.82, 2.24) is 5.32 Å². The summed E-state index contributed by atoms with van der Waals surface area (Å²) in [5.74, 6) is -0.0558. The third-order valence-corrected chi connectivity index (χ3v) is 2.68. The molecule has 0 saturated carbocycles. The van der Waals surface area contributed by atoms with Crippen LogP contribution in [0, 0.1) is 5.41 Å². The van der Waals surface area contributed by atoms with Crippen molar-refractivity contribution in [3.05, 3.63) is 29.8 Å². The van der Waals surface area contributed by atoms with Crippen LogP contribution in [0.4, 0.5) is 5.69 Å². The second-order valence-electron chi connectivity index (χ2n) is 5.11. The molecule has 4 heteroatoms. The number of aliphatic hydroxyl groups is 1. The first-order valence-corrected chi connectivity index (χ1v) is 6.21.